The largest absolute Gasteiger partial charge is 1.00 e. The summed E-state index contributed by atoms with van der Waals surface area (Å²) in [4.78, 5) is 0. The SMILES string of the molecule is C[P+]1(C)c2ccccc2-c2ccccc21.[I-]. The molecule has 0 atom stereocenters. The minimum Gasteiger partial charge on any atom is -1.00 e. The Balaban J connectivity index is 0.000000963. The summed E-state index contributed by atoms with van der Waals surface area (Å²) < 4.78 is 0. The fraction of sp³-hybridized carbons (Fsp3) is 0.143. The number of hydrogen-bond acceptors (Lipinski definition) is 0. The molecule has 0 aromatic heterocycles. The number of hydrogen-bond donors (Lipinski definition) is 0. The monoisotopic (exact) mass is 340 g/mol. The lowest BCUT2D eigenvalue weighted by atomic mass is 10.1. The van der Waals surface area contributed by atoms with E-state index in [1.54, 1.807) is 10.6 Å². The molecule has 2 aromatic rings. The van der Waals surface area contributed by atoms with Crippen LogP contribution in [-0.2, 0) is 0 Å². The van der Waals surface area contributed by atoms with Crippen molar-refractivity contribution in [2.75, 3.05) is 13.3 Å². The average molecular weight is 340 g/mol. The van der Waals surface area contributed by atoms with Crippen LogP contribution in [0.5, 0.6) is 0 Å². The van der Waals surface area contributed by atoms with Crippen LogP contribution in [-0.4, -0.2) is 13.3 Å². The van der Waals surface area contributed by atoms with Gasteiger partial charge in [0.25, 0.3) is 0 Å². The highest BCUT2D eigenvalue weighted by atomic mass is 127. The summed E-state index contributed by atoms with van der Waals surface area (Å²) in [5.74, 6) is 0. The van der Waals surface area contributed by atoms with Crippen molar-refractivity contribution < 1.29 is 24.0 Å². The first kappa shape index (κ1) is 12.1. The third kappa shape index (κ3) is 1.53. The molecule has 0 N–H and O–H groups in total. The summed E-state index contributed by atoms with van der Waals surface area (Å²) in [6, 6.07) is 17.7. The quantitative estimate of drug-likeness (QED) is 0.464. The second-order valence-electron chi connectivity index (χ2n) is 4.49. The van der Waals surface area contributed by atoms with E-state index in [0.717, 1.165) is 0 Å². The molecule has 0 fully saturated rings. The van der Waals surface area contributed by atoms with E-state index < -0.39 is 7.26 Å². The summed E-state index contributed by atoms with van der Waals surface area (Å²) in [6.07, 6.45) is 0. The Labute approximate surface area is 114 Å². The molecule has 2 heteroatoms. The third-order valence-electron chi connectivity index (χ3n) is 3.30. The molecule has 16 heavy (non-hydrogen) atoms. The van der Waals surface area contributed by atoms with Crippen LogP contribution in [0.4, 0.5) is 0 Å². The van der Waals surface area contributed by atoms with Crippen molar-refractivity contribution in [1.82, 2.24) is 0 Å². The predicted octanol–water partition coefficient (Wildman–Crippen LogP) is -0.101. The molecule has 0 spiro atoms. The minimum atomic E-state index is -1.07. The molecule has 0 bridgehead atoms. The molecule has 1 aliphatic heterocycles. The first-order valence-corrected chi connectivity index (χ1v) is 7.93. The maximum Gasteiger partial charge on any atom is 0.106 e. The van der Waals surface area contributed by atoms with Gasteiger partial charge in [0, 0.05) is 11.1 Å². The Bertz CT molecular complexity index is 484. The van der Waals surface area contributed by atoms with Crippen LogP contribution in [0.3, 0.4) is 0 Å². The average Bonchev–Trinajstić information content (AvgIpc) is 2.51. The Hall–Kier alpha value is -0.400. The van der Waals surface area contributed by atoms with Gasteiger partial charge in [-0.05, 0) is 12.1 Å². The van der Waals surface area contributed by atoms with Gasteiger partial charge in [0.1, 0.15) is 10.6 Å². The van der Waals surface area contributed by atoms with Crippen LogP contribution < -0.4 is 34.6 Å². The molecule has 0 amide bonds. The molecule has 0 nitrogen and oxygen atoms in total. The topological polar surface area (TPSA) is 0 Å². The molecule has 0 aliphatic carbocycles. The van der Waals surface area contributed by atoms with Crippen molar-refractivity contribution in [2.24, 2.45) is 0 Å². The van der Waals surface area contributed by atoms with Crippen LogP contribution in [0, 0.1) is 0 Å². The smallest absolute Gasteiger partial charge is 0.106 e. The van der Waals surface area contributed by atoms with Gasteiger partial charge in [-0.3, -0.25) is 0 Å². The first-order chi connectivity index (χ1) is 7.21. The number of benzene rings is 2. The van der Waals surface area contributed by atoms with Crippen LogP contribution in [0.15, 0.2) is 48.5 Å². The van der Waals surface area contributed by atoms with Crippen LogP contribution in [0.25, 0.3) is 11.1 Å². The van der Waals surface area contributed by atoms with Gasteiger partial charge in [0.2, 0.25) is 0 Å². The number of rotatable bonds is 0. The van der Waals surface area contributed by atoms with Gasteiger partial charge in [-0.1, -0.05) is 36.4 Å². The predicted molar refractivity (Wildman–Crippen MR) is 69.9 cm³/mol. The van der Waals surface area contributed by atoms with E-state index in [4.69, 9.17) is 0 Å². The molecule has 3 rings (SSSR count). The zero-order valence-corrected chi connectivity index (χ0v) is 12.5. The Kier molecular flexibility index (Phi) is 3.11. The van der Waals surface area contributed by atoms with Crippen LogP contribution >= 0.6 is 7.26 Å². The lowest BCUT2D eigenvalue weighted by Crippen LogP contribution is -3.00. The van der Waals surface area contributed by atoms with Crippen molar-refractivity contribution in [3.05, 3.63) is 48.5 Å². The second-order valence-corrected chi connectivity index (χ2v) is 8.36. The van der Waals surface area contributed by atoms with Gasteiger partial charge in [0.05, 0.1) is 20.6 Å². The maximum atomic E-state index is 2.41. The molecule has 0 unspecified atom stereocenters. The molecule has 82 valence electrons. The summed E-state index contributed by atoms with van der Waals surface area (Å²) in [5.41, 5.74) is 2.90. The van der Waals surface area contributed by atoms with E-state index >= 15 is 0 Å². The van der Waals surface area contributed by atoms with E-state index in [1.807, 2.05) is 0 Å². The molecule has 0 radical (unpaired) electrons. The van der Waals surface area contributed by atoms with E-state index in [2.05, 4.69) is 61.9 Å². The van der Waals surface area contributed by atoms with Crippen molar-refractivity contribution >= 4 is 17.9 Å². The molecule has 0 saturated heterocycles. The van der Waals surface area contributed by atoms with Crippen LogP contribution in [0.1, 0.15) is 0 Å². The maximum absolute atomic E-state index is 2.41. The molecule has 1 heterocycles. The normalized spacial score (nSPS) is 14.9. The summed E-state index contributed by atoms with van der Waals surface area (Å²) in [7, 11) is -1.07. The highest BCUT2D eigenvalue weighted by molar-refractivity contribution is 7.89. The fourth-order valence-electron chi connectivity index (χ4n) is 2.51. The molecular weight excluding hydrogens is 326 g/mol. The van der Waals surface area contributed by atoms with E-state index in [0.29, 0.717) is 0 Å². The van der Waals surface area contributed by atoms with Gasteiger partial charge in [-0.25, -0.2) is 0 Å². The van der Waals surface area contributed by atoms with Gasteiger partial charge >= 0.3 is 0 Å². The Morgan fingerprint density at radius 1 is 0.688 bits per heavy atom. The van der Waals surface area contributed by atoms with Gasteiger partial charge < -0.3 is 24.0 Å². The third-order valence-corrected chi connectivity index (χ3v) is 6.49. The van der Waals surface area contributed by atoms with Crippen molar-refractivity contribution in [2.45, 2.75) is 0 Å². The van der Waals surface area contributed by atoms with Gasteiger partial charge in [0.15, 0.2) is 0 Å². The van der Waals surface area contributed by atoms with Crippen molar-refractivity contribution in [1.29, 1.82) is 0 Å². The van der Waals surface area contributed by atoms with E-state index in [-0.39, 0.29) is 24.0 Å². The zero-order chi connectivity index (χ0) is 10.5. The zero-order valence-electron chi connectivity index (χ0n) is 9.44. The van der Waals surface area contributed by atoms with Crippen molar-refractivity contribution in [3.63, 3.8) is 0 Å². The summed E-state index contributed by atoms with van der Waals surface area (Å²) in [5, 5.41) is 3.12. The van der Waals surface area contributed by atoms with Gasteiger partial charge in [-0.15, -0.1) is 0 Å². The number of halogens is 1. The molecule has 1 aliphatic rings. The van der Waals surface area contributed by atoms with E-state index in [1.165, 1.54) is 11.1 Å². The van der Waals surface area contributed by atoms with E-state index in [9.17, 15) is 0 Å². The fourth-order valence-corrected chi connectivity index (χ4v) is 5.28. The standard InChI is InChI=1S/C14H14P.HI/c1-15(2)13-9-5-3-7-11(13)12-8-4-6-10-14(12)15;/h3-10H,1-2H3;1H/q+1;/p-1. The Morgan fingerprint density at radius 2 is 1.06 bits per heavy atom. The Morgan fingerprint density at radius 3 is 1.50 bits per heavy atom. The lowest BCUT2D eigenvalue weighted by Gasteiger charge is -2.12. The first-order valence-electron chi connectivity index (χ1n) is 5.25. The second kappa shape index (κ2) is 4.12. The van der Waals surface area contributed by atoms with Crippen LogP contribution in [0.2, 0.25) is 0 Å². The number of fused-ring (bicyclic) bond motifs is 3. The molecule has 0 saturated carbocycles. The lowest BCUT2D eigenvalue weighted by molar-refractivity contribution is -0.00000299. The summed E-state index contributed by atoms with van der Waals surface area (Å²) in [6.45, 7) is 4.83. The van der Waals surface area contributed by atoms with Crippen molar-refractivity contribution in [3.8, 4) is 11.1 Å². The molecular formula is C14H14IP. The minimum absolute atomic E-state index is 0. The highest BCUT2D eigenvalue weighted by Gasteiger charge is 2.42. The van der Waals surface area contributed by atoms with Gasteiger partial charge in [-0.2, -0.15) is 0 Å². The summed E-state index contributed by atoms with van der Waals surface area (Å²) >= 11 is 0. The highest BCUT2D eigenvalue weighted by Crippen LogP contribution is 2.56. The molecule has 2 aromatic carbocycles.